The highest BCUT2D eigenvalue weighted by molar-refractivity contribution is 7.99. The first kappa shape index (κ1) is 20.4. The molecule has 0 aliphatic heterocycles. The van der Waals surface area contributed by atoms with Crippen LogP contribution in [0.5, 0.6) is 0 Å². The number of nitrogens with one attached hydrogen (secondary N) is 2. The van der Waals surface area contributed by atoms with E-state index in [1.807, 2.05) is 0 Å². The topological polar surface area (TPSA) is 97.1 Å². The molecule has 0 bridgehead atoms. The predicted octanol–water partition coefficient (Wildman–Crippen LogP) is 4.07. The Morgan fingerprint density at radius 2 is 1.86 bits per heavy atom. The Hall–Kier alpha value is -3.34. The summed E-state index contributed by atoms with van der Waals surface area (Å²) in [6.07, 6.45) is -3.12. The van der Waals surface area contributed by atoms with Gasteiger partial charge >= 0.3 is 6.18 Å². The zero-order chi connectivity index (χ0) is 20.9. The average molecular weight is 422 g/mol. The Kier molecular flexibility index (Phi) is 6.17. The second-order valence-corrected chi connectivity index (χ2v) is 6.60. The number of thioether (sulfide) groups is 1. The van der Waals surface area contributed by atoms with Gasteiger partial charge in [-0.05, 0) is 42.5 Å². The number of nitrogens with zero attached hydrogens (tertiary/aromatic N) is 2. The predicted molar refractivity (Wildman–Crippen MR) is 99.5 cm³/mol. The SMILES string of the molecule is O=C(CSc1ccc(NC(=O)c2ccco2)nn1)Nc1cccc(C(F)(F)F)c1. The molecule has 0 aliphatic rings. The molecule has 0 saturated carbocycles. The van der Waals surface area contributed by atoms with Crippen LogP contribution >= 0.6 is 11.8 Å². The molecule has 7 nitrogen and oxygen atoms in total. The van der Waals surface area contributed by atoms with Crippen LogP contribution in [-0.4, -0.2) is 27.8 Å². The van der Waals surface area contributed by atoms with Crippen molar-refractivity contribution in [1.29, 1.82) is 0 Å². The van der Waals surface area contributed by atoms with E-state index < -0.39 is 23.6 Å². The number of alkyl halides is 3. The number of hydrogen-bond acceptors (Lipinski definition) is 6. The fourth-order valence-electron chi connectivity index (χ4n) is 2.16. The third-order valence-corrected chi connectivity index (χ3v) is 4.37. The molecule has 0 radical (unpaired) electrons. The van der Waals surface area contributed by atoms with E-state index in [-0.39, 0.29) is 23.0 Å². The summed E-state index contributed by atoms with van der Waals surface area (Å²) < 4.78 is 43.1. The molecule has 0 fully saturated rings. The molecule has 1 aromatic carbocycles. The van der Waals surface area contributed by atoms with Gasteiger partial charge < -0.3 is 15.1 Å². The van der Waals surface area contributed by atoms with Crippen LogP contribution in [0.4, 0.5) is 24.7 Å². The second-order valence-electron chi connectivity index (χ2n) is 5.60. The van der Waals surface area contributed by atoms with Crippen LogP contribution in [0, 0.1) is 0 Å². The molecule has 0 saturated heterocycles. The summed E-state index contributed by atoms with van der Waals surface area (Å²) in [5, 5.41) is 13.0. The fraction of sp³-hybridized carbons (Fsp3) is 0.111. The third kappa shape index (κ3) is 5.82. The maximum Gasteiger partial charge on any atom is 0.416 e. The van der Waals surface area contributed by atoms with Crippen LogP contribution in [0.2, 0.25) is 0 Å². The Morgan fingerprint density at radius 3 is 2.52 bits per heavy atom. The zero-order valence-electron chi connectivity index (χ0n) is 14.6. The first-order valence-electron chi connectivity index (χ1n) is 8.10. The molecule has 29 heavy (non-hydrogen) atoms. The number of benzene rings is 1. The van der Waals surface area contributed by atoms with Crippen molar-refractivity contribution in [3.05, 3.63) is 66.1 Å². The van der Waals surface area contributed by atoms with Crippen molar-refractivity contribution in [3.63, 3.8) is 0 Å². The normalized spacial score (nSPS) is 11.1. The number of aromatic nitrogens is 2. The van der Waals surface area contributed by atoms with E-state index in [9.17, 15) is 22.8 Å². The lowest BCUT2D eigenvalue weighted by molar-refractivity contribution is -0.137. The lowest BCUT2D eigenvalue weighted by atomic mass is 10.2. The second kappa shape index (κ2) is 8.78. The van der Waals surface area contributed by atoms with Gasteiger partial charge in [0.25, 0.3) is 5.91 Å². The molecule has 0 spiro atoms. The van der Waals surface area contributed by atoms with E-state index in [1.54, 1.807) is 12.1 Å². The van der Waals surface area contributed by atoms with E-state index in [4.69, 9.17) is 4.42 Å². The minimum atomic E-state index is -4.49. The molecule has 2 amide bonds. The summed E-state index contributed by atoms with van der Waals surface area (Å²) in [5.41, 5.74) is -0.798. The standard InChI is InChI=1S/C18H13F3N4O3S/c19-18(20,21)11-3-1-4-12(9-11)22-15(26)10-29-16-7-6-14(24-25-16)23-17(27)13-5-2-8-28-13/h1-9H,10H2,(H,22,26)(H,23,24,27). The summed E-state index contributed by atoms with van der Waals surface area (Å²) in [6, 6.07) is 10.5. The van der Waals surface area contributed by atoms with Crippen LogP contribution in [-0.2, 0) is 11.0 Å². The lowest BCUT2D eigenvalue weighted by Gasteiger charge is -2.09. The third-order valence-electron chi connectivity index (χ3n) is 3.45. The molecule has 0 atom stereocenters. The molecule has 2 N–H and O–H groups in total. The summed E-state index contributed by atoms with van der Waals surface area (Å²) in [4.78, 5) is 23.8. The monoisotopic (exact) mass is 422 g/mol. The Balaban J connectivity index is 1.51. The number of hydrogen-bond donors (Lipinski definition) is 2. The summed E-state index contributed by atoms with van der Waals surface area (Å²) in [5.74, 6) is -0.736. The van der Waals surface area contributed by atoms with Gasteiger partial charge in [-0.3, -0.25) is 9.59 Å². The number of amides is 2. The van der Waals surface area contributed by atoms with Gasteiger partial charge in [0, 0.05) is 5.69 Å². The molecular weight excluding hydrogens is 409 g/mol. The van der Waals surface area contributed by atoms with Gasteiger partial charge in [0.2, 0.25) is 5.91 Å². The maximum absolute atomic E-state index is 12.7. The highest BCUT2D eigenvalue weighted by atomic mass is 32.2. The van der Waals surface area contributed by atoms with Crippen LogP contribution in [0.15, 0.2) is 64.2 Å². The first-order valence-corrected chi connectivity index (χ1v) is 9.08. The minimum absolute atomic E-state index is 0.0486. The smallest absolute Gasteiger partial charge is 0.416 e. The number of carbonyl (C=O) groups excluding carboxylic acids is 2. The quantitative estimate of drug-likeness (QED) is 0.582. The van der Waals surface area contributed by atoms with Crippen molar-refractivity contribution in [2.45, 2.75) is 11.2 Å². The molecule has 3 rings (SSSR count). The van der Waals surface area contributed by atoms with Crippen molar-refractivity contribution in [1.82, 2.24) is 10.2 Å². The van der Waals surface area contributed by atoms with Gasteiger partial charge in [-0.1, -0.05) is 17.8 Å². The van der Waals surface area contributed by atoms with Gasteiger partial charge in [0.1, 0.15) is 5.03 Å². The zero-order valence-corrected chi connectivity index (χ0v) is 15.4. The molecule has 3 aromatic rings. The van der Waals surface area contributed by atoms with Gasteiger partial charge in [-0.2, -0.15) is 13.2 Å². The van der Waals surface area contributed by atoms with Crippen LogP contribution in [0.3, 0.4) is 0 Å². The van der Waals surface area contributed by atoms with Crippen LogP contribution in [0.25, 0.3) is 0 Å². The molecule has 2 heterocycles. The summed E-state index contributed by atoms with van der Waals surface area (Å²) >= 11 is 1.04. The average Bonchev–Trinajstić information content (AvgIpc) is 3.22. The fourth-order valence-corrected chi connectivity index (χ4v) is 2.77. The molecular formula is C18H13F3N4O3S. The molecule has 150 valence electrons. The Morgan fingerprint density at radius 1 is 1.03 bits per heavy atom. The van der Waals surface area contributed by atoms with Crippen LogP contribution in [0.1, 0.15) is 16.1 Å². The largest absolute Gasteiger partial charge is 0.459 e. The summed E-state index contributed by atoms with van der Waals surface area (Å²) in [7, 11) is 0. The van der Waals surface area contributed by atoms with E-state index in [1.165, 1.54) is 30.5 Å². The first-order chi connectivity index (χ1) is 13.8. The Bertz CT molecular complexity index is 992. The van der Waals surface area contributed by atoms with Gasteiger partial charge in [-0.15, -0.1) is 10.2 Å². The molecule has 11 heteroatoms. The van der Waals surface area contributed by atoms with E-state index in [2.05, 4.69) is 20.8 Å². The van der Waals surface area contributed by atoms with E-state index >= 15 is 0 Å². The molecule has 2 aromatic heterocycles. The summed E-state index contributed by atoms with van der Waals surface area (Å²) in [6.45, 7) is 0. The van der Waals surface area contributed by atoms with Crippen molar-refractivity contribution < 1.29 is 27.2 Å². The van der Waals surface area contributed by atoms with Gasteiger partial charge in [0.05, 0.1) is 17.6 Å². The minimum Gasteiger partial charge on any atom is -0.459 e. The van der Waals surface area contributed by atoms with Crippen molar-refractivity contribution in [2.24, 2.45) is 0 Å². The number of carbonyl (C=O) groups is 2. The lowest BCUT2D eigenvalue weighted by Crippen LogP contribution is -2.15. The van der Waals surface area contributed by atoms with Gasteiger partial charge in [0.15, 0.2) is 11.6 Å². The van der Waals surface area contributed by atoms with Crippen LogP contribution < -0.4 is 10.6 Å². The molecule has 0 unspecified atom stereocenters. The molecule has 0 aliphatic carbocycles. The highest BCUT2D eigenvalue weighted by Gasteiger charge is 2.30. The van der Waals surface area contributed by atoms with E-state index in [0.29, 0.717) is 5.03 Å². The maximum atomic E-state index is 12.7. The van der Waals surface area contributed by atoms with Crippen molar-refractivity contribution in [3.8, 4) is 0 Å². The number of rotatable bonds is 6. The number of halogens is 3. The van der Waals surface area contributed by atoms with Crippen molar-refractivity contribution in [2.75, 3.05) is 16.4 Å². The highest BCUT2D eigenvalue weighted by Crippen LogP contribution is 2.30. The van der Waals surface area contributed by atoms with Gasteiger partial charge in [-0.25, -0.2) is 0 Å². The van der Waals surface area contributed by atoms with Crippen molar-refractivity contribution >= 4 is 35.1 Å². The number of anilines is 2. The Labute approximate surface area is 166 Å². The van der Waals surface area contributed by atoms with E-state index in [0.717, 1.165) is 23.9 Å². The number of furan rings is 1.